The second-order valence-corrected chi connectivity index (χ2v) is 8.67. The predicted molar refractivity (Wildman–Crippen MR) is 125 cm³/mol. The van der Waals surface area contributed by atoms with E-state index in [1.807, 2.05) is 42.5 Å². The van der Waals surface area contributed by atoms with E-state index in [2.05, 4.69) is 31.4 Å². The summed E-state index contributed by atoms with van der Waals surface area (Å²) < 4.78 is 6.98. The van der Waals surface area contributed by atoms with Crippen molar-refractivity contribution < 1.29 is 4.74 Å². The minimum Gasteiger partial charge on any atom is -0.379 e. The van der Waals surface area contributed by atoms with E-state index in [1.54, 1.807) is 6.20 Å². The third kappa shape index (κ3) is 4.40. The maximum atomic E-state index is 10.1. The highest BCUT2D eigenvalue weighted by molar-refractivity contribution is 5.56. The lowest BCUT2D eigenvalue weighted by Crippen LogP contribution is -2.47. The first kappa shape index (κ1) is 21.4. The number of nitrogens with zero attached hydrogens (tertiary/aromatic N) is 6. The van der Waals surface area contributed by atoms with E-state index in [4.69, 9.17) is 10.5 Å². The maximum absolute atomic E-state index is 10.1. The van der Waals surface area contributed by atoms with Crippen molar-refractivity contribution >= 4 is 17.6 Å². The van der Waals surface area contributed by atoms with Gasteiger partial charge in [-0.2, -0.15) is 14.9 Å². The predicted octanol–water partition coefficient (Wildman–Crippen LogP) is 3.02. The second kappa shape index (κ2) is 9.17. The zero-order valence-corrected chi connectivity index (χ0v) is 18.5. The molecular formula is C24H28N8O. The molecule has 0 radical (unpaired) electrons. The van der Waals surface area contributed by atoms with Gasteiger partial charge in [0.05, 0.1) is 24.7 Å². The summed E-state index contributed by atoms with van der Waals surface area (Å²) >= 11 is 0. The molecule has 3 heterocycles. The van der Waals surface area contributed by atoms with Crippen LogP contribution >= 0.6 is 0 Å². The number of anilines is 3. The Bertz CT molecular complexity index is 1110. The number of pyridine rings is 1. The normalized spacial score (nSPS) is 23.7. The number of rotatable bonds is 5. The van der Waals surface area contributed by atoms with Crippen LogP contribution in [0.1, 0.15) is 31.2 Å². The Morgan fingerprint density at radius 2 is 1.85 bits per heavy atom. The van der Waals surface area contributed by atoms with Crippen LogP contribution < -0.4 is 11.1 Å². The van der Waals surface area contributed by atoms with Crippen molar-refractivity contribution in [1.29, 1.82) is 5.26 Å². The molecule has 0 spiro atoms. The molecule has 1 saturated heterocycles. The minimum absolute atomic E-state index is 0.258. The highest BCUT2D eigenvalue weighted by atomic mass is 16.5. The van der Waals surface area contributed by atoms with Gasteiger partial charge in [-0.25, -0.2) is 4.98 Å². The quantitative estimate of drug-likeness (QED) is 0.617. The third-order valence-electron chi connectivity index (χ3n) is 6.78. The van der Waals surface area contributed by atoms with Gasteiger partial charge in [0, 0.05) is 31.0 Å². The average Bonchev–Trinajstić information content (AvgIpc) is 3.25. The van der Waals surface area contributed by atoms with Crippen LogP contribution in [0.4, 0.5) is 17.6 Å². The summed E-state index contributed by atoms with van der Waals surface area (Å²) in [5.41, 5.74) is 7.50. The van der Waals surface area contributed by atoms with Gasteiger partial charge in [-0.1, -0.05) is 18.2 Å². The fourth-order valence-electron chi connectivity index (χ4n) is 4.89. The molecule has 3 N–H and O–H groups in total. The van der Waals surface area contributed by atoms with Gasteiger partial charge < -0.3 is 15.8 Å². The standard InChI is InChI=1S/C24H28N8O/c25-17-24(10-8-20(9-11-24)31-13-15-33-16-14-31)18-4-6-19(7-5-18)28-23-29-22(26)32(30-23)21-3-1-2-12-27-21/h1-7,12,20H,8-11,13-16H2,(H3,26,28,29,30). The molecule has 170 valence electrons. The Morgan fingerprint density at radius 3 is 2.52 bits per heavy atom. The van der Waals surface area contributed by atoms with E-state index in [0.717, 1.165) is 63.2 Å². The Kier molecular flexibility index (Phi) is 5.94. The average molecular weight is 445 g/mol. The smallest absolute Gasteiger partial charge is 0.248 e. The first-order valence-corrected chi connectivity index (χ1v) is 11.4. The zero-order valence-electron chi connectivity index (χ0n) is 18.5. The Balaban J connectivity index is 1.26. The van der Waals surface area contributed by atoms with Gasteiger partial charge in [0.1, 0.15) is 0 Å². The van der Waals surface area contributed by atoms with Gasteiger partial charge in [0.2, 0.25) is 11.9 Å². The second-order valence-electron chi connectivity index (χ2n) is 8.67. The van der Waals surface area contributed by atoms with Crippen LogP contribution in [0.2, 0.25) is 0 Å². The fraction of sp³-hybridized carbons (Fsp3) is 0.417. The maximum Gasteiger partial charge on any atom is 0.248 e. The molecule has 1 aliphatic heterocycles. The Morgan fingerprint density at radius 1 is 1.09 bits per heavy atom. The van der Waals surface area contributed by atoms with Crippen molar-refractivity contribution in [1.82, 2.24) is 24.6 Å². The Labute approximate surface area is 193 Å². The number of benzene rings is 1. The molecule has 9 nitrogen and oxygen atoms in total. The summed E-state index contributed by atoms with van der Waals surface area (Å²) in [7, 11) is 0. The molecule has 2 fully saturated rings. The molecule has 1 aromatic carbocycles. The van der Waals surface area contributed by atoms with Crippen molar-refractivity contribution in [3.63, 3.8) is 0 Å². The molecule has 3 aromatic rings. The van der Waals surface area contributed by atoms with Gasteiger partial charge in [0.15, 0.2) is 5.82 Å². The van der Waals surface area contributed by atoms with Crippen LogP contribution in [0.5, 0.6) is 0 Å². The van der Waals surface area contributed by atoms with Crippen molar-refractivity contribution in [3.05, 3.63) is 54.2 Å². The van der Waals surface area contributed by atoms with E-state index >= 15 is 0 Å². The van der Waals surface area contributed by atoms with Crippen LogP contribution in [0.15, 0.2) is 48.7 Å². The summed E-state index contributed by atoms with van der Waals surface area (Å²) in [5.74, 6) is 1.26. The van der Waals surface area contributed by atoms with Crippen molar-refractivity contribution in [2.45, 2.75) is 37.1 Å². The number of hydrogen-bond acceptors (Lipinski definition) is 8. The molecular weight excluding hydrogens is 416 g/mol. The first-order chi connectivity index (χ1) is 16.2. The lowest BCUT2D eigenvalue weighted by Gasteiger charge is -2.41. The summed E-state index contributed by atoms with van der Waals surface area (Å²) in [6.07, 6.45) is 5.53. The van der Waals surface area contributed by atoms with Crippen LogP contribution in [0.3, 0.4) is 0 Å². The monoisotopic (exact) mass is 444 g/mol. The number of ether oxygens (including phenoxy) is 1. The molecule has 1 saturated carbocycles. The lowest BCUT2D eigenvalue weighted by atomic mass is 9.69. The van der Waals surface area contributed by atoms with E-state index in [9.17, 15) is 5.26 Å². The SMILES string of the molecule is N#CC1(c2ccc(Nc3nc(N)n(-c4ccccn4)n3)cc2)CCC(N2CCOCC2)CC1. The Hall–Kier alpha value is -3.48. The number of hydrogen-bond donors (Lipinski definition) is 2. The molecule has 1 aliphatic carbocycles. The summed E-state index contributed by atoms with van der Waals surface area (Å²) in [4.78, 5) is 11.1. The van der Waals surface area contributed by atoms with Gasteiger partial charge >= 0.3 is 0 Å². The fourth-order valence-corrected chi connectivity index (χ4v) is 4.89. The van der Waals surface area contributed by atoms with Crippen LogP contribution in [-0.2, 0) is 10.2 Å². The molecule has 2 aromatic heterocycles. The molecule has 33 heavy (non-hydrogen) atoms. The molecule has 0 bridgehead atoms. The molecule has 5 rings (SSSR count). The number of nitrogens with one attached hydrogen (secondary N) is 1. The van der Waals surface area contributed by atoms with Crippen LogP contribution in [-0.4, -0.2) is 57.0 Å². The zero-order chi connectivity index (χ0) is 22.7. The van der Waals surface area contributed by atoms with E-state index in [1.165, 1.54) is 4.68 Å². The van der Waals surface area contributed by atoms with Crippen molar-refractivity contribution in [2.24, 2.45) is 0 Å². The van der Waals surface area contributed by atoms with Gasteiger partial charge in [-0.05, 0) is 55.5 Å². The molecule has 0 amide bonds. The molecule has 9 heteroatoms. The lowest BCUT2D eigenvalue weighted by molar-refractivity contribution is 0.00507. The molecule has 0 atom stereocenters. The van der Waals surface area contributed by atoms with Crippen molar-refractivity contribution in [3.8, 4) is 11.9 Å². The third-order valence-corrected chi connectivity index (χ3v) is 6.78. The van der Waals surface area contributed by atoms with Crippen LogP contribution in [0.25, 0.3) is 5.82 Å². The number of nitriles is 1. The van der Waals surface area contributed by atoms with E-state index in [0.29, 0.717) is 17.8 Å². The summed E-state index contributed by atoms with van der Waals surface area (Å²) in [6, 6.07) is 16.7. The highest BCUT2D eigenvalue weighted by Gasteiger charge is 2.38. The number of morpholine rings is 1. The first-order valence-electron chi connectivity index (χ1n) is 11.4. The highest BCUT2D eigenvalue weighted by Crippen LogP contribution is 2.41. The van der Waals surface area contributed by atoms with Gasteiger partial charge in [-0.15, -0.1) is 5.10 Å². The van der Waals surface area contributed by atoms with Gasteiger partial charge in [0.25, 0.3) is 0 Å². The van der Waals surface area contributed by atoms with E-state index < -0.39 is 5.41 Å². The summed E-state index contributed by atoms with van der Waals surface area (Å²) in [6.45, 7) is 3.63. The van der Waals surface area contributed by atoms with Crippen LogP contribution in [0, 0.1) is 11.3 Å². The van der Waals surface area contributed by atoms with Gasteiger partial charge in [-0.3, -0.25) is 4.90 Å². The van der Waals surface area contributed by atoms with Crippen molar-refractivity contribution in [2.75, 3.05) is 37.4 Å². The number of nitrogens with two attached hydrogens (primary N) is 1. The number of aromatic nitrogens is 4. The minimum atomic E-state index is -0.426. The van der Waals surface area contributed by atoms with E-state index in [-0.39, 0.29) is 5.95 Å². The largest absolute Gasteiger partial charge is 0.379 e. The topological polar surface area (TPSA) is 118 Å². The molecule has 2 aliphatic rings. The number of nitrogen functional groups attached to an aromatic ring is 1. The summed E-state index contributed by atoms with van der Waals surface area (Å²) in [5, 5.41) is 17.7. The molecule has 0 unspecified atom stereocenters.